The van der Waals surface area contributed by atoms with Crippen LogP contribution in [0, 0.1) is 13.8 Å². The van der Waals surface area contributed by atoms with Crippen LogP contribution in [0.4, 0.5) is 11.5 Å². The van der Waals surface area contributed by atoms with Crippen molar-refractivity contribution in [2.24, 2.45) is 0 Å². The highest BCUT2D eigenvalue weighted by Crippen LogP contribution is 2.24. The highest BCUT2D eigenvalue weighted by atomic mass is 16.5. The molecule has 0 unspecified atom stereocenters. The molecule has 3 N–H and O–H groups in total. The van der Waals surface area contributed by atoms with E-state index in [2.05, 4.69) is 15.3 Å². The second kappa shape index (κ2) is 7.28. The maximum Gasteiger partial charge on any atom is 0.272 e. The first-order valence-electron chi connectivity index (χ1n) is 8.16. The lowest BCUT2D eigenvalue weighted by molar-refractivity contribution is 0.102. The molecule has 138 valence electrons. The van der Waals surface area contributed by atoms with Gasteiger partial charge in [0.25, 0.3) is 11.5 Å². The number of rotatable bonds is 4. The maximum atomic E-state index is 13.0. The molecule has 0 aliphatic rings. The van der Waals surface area contributed by atoms with E-state index in [-0.39, 0.29) is 11.4 Å². The fourth-order valence-electron chi connectivity index (χ4n) is 2.88. The second-order valence-electron chi connectivity index (χ2n) is 5.99. The van der Waals surface area contributed by atoms with Crippen LogP contribution >= 0.6 is 0 Å². The number of nitrogens with one attached hydrogen (secondary N) is 1. The van der Waals surface area contributed by atoms with Crippen LogP contribution in [0.15, 0.2) is 47.8 Å². The quantitative estimate of drug-likeness (QED) is 0.732. The summed E-state index contributed by atoms with van der Waals surface area (Å²) in [4.78, 5) is 33.6. The Morgan fingerprint density at radius 2 is 1.96 bits per heavy atom. The Hall–Kier alpha value is -3.68. The largest absolute Gasteiger partial charge is 0.497 e. The van der Waals surface area contributed by atoms with Gasteiger partial charge in [-0.25, -0.2) is 4.98 Å². The zero-order valence-corrected chi connectivity index (χ0v) is 15.2. The molecule has 1 aromatic carbocycles. The van der Waals surface area contributed by atoms with Crippen LogP contribution in [0.5, 0.6) is 5.75 Å². The summed E-state index contributed by atoms with van der Waals surface area (Å²) in [5, 5.41) is 2.61. The summed E-state index contributed by atoms with van der Waals surface area (Å²) in [6.45, 7) is 3.70. The highest BCUT2D eigenvalue weighted by Gasteiger charge is 2.20. The number of hydrogen-bond donors (Lipinski definition) is 2. The number of amides is 1. The average molecular weight is 365 g/mol. The standard InChI is InChI=1S/C19H19N5O3/c1-11-7-14(27-3)8-12(2)16(11)24-10-22-17(20)15(19(24)26)18(25)23-13-5-4-6-21-9-13/h4-10H,20H2,1-3H3,(H,23,25). The molecular formula is C19H19N5O3. The Morgan fingerprint density at radius 3 is 2.56 bits per heavy atom. The molecule has 0 aliphatic carbocycles. The van der Waals surface area contributed by atoms with Gasteiger partial charge >= 0.3 is 0 Å². The van der Waals surface area contributed by atoms with Gasteiger partial charge < -0.3 is 15.8 Å². The monoisotopic (exact) mass is 365 g/mol. The van der Waals surface area contributed by atoms with Crippen molar-refractivity contribution in [2.45, 2.75) is 13.8 Å². The molecule has 27 heavy (non-hydrogen) atoms. The molecule has 2 heterocycles. The number of aromatic nitrogens is 3. The van der Waals surface area contributed by atoms with E-state index in [1.54, 1.807) is 37.6 Å². The maximum absolute atomic E-state index is 13.0. The summed E-state index contributed by atoms with van der Waals surface area (Å²) in [7, 11) is 1.58. The van der Waals surface area contributed by atoms with E-state index in [1.807, 2.05) is 13.8 Å². The zero-order chi connectivity index (χ0) is 19.6. The Bertz CT molecular complexity index is 1040. The van der Waals surface area contributed by atoms with Gasteiger partial charge in [-0.2, -0.15) is 0 Å². The molecule has 8 heteroatoms. The fourth-order valence-corrected chi connectivity index (χ4v) is 2.88. The number of nitrogen functional groups attached to an aromatic ring is 1. The predicted octanol–water partition coefficient (Wildman–Crippen LogP) is 2.09. The number of hydrogen-bond acceptors (Lipinski definition) is 6. The van der Waals surface area contributed by atoms with Crippen molar-refractivity contribution >= 4 is 17.4 Å². The van der Waals surface area contributed by atoms with Gasteiger partial charge in [-0.15, -0.1) is 0 Å². The number of pyridine rings is 1. The van der Waals surface area contributed by atoms with Crippen molar-refractivity contribution in [1.29, 1.82) is 0 Å². The van der Waals surface area contributed by atoms with Crippen LogP contribution in [-0.2, 0) is 0 Å². The Morgan fingerprint density at radius 1 is 1.26 bits per heavy atom. The molecule has 1 amide bonds. The smallest absolute Gasteiger partial charge is 0.272 e. The lowest BCUT2D eigenvalue weighted by Gasteiger charge is -2.15. The molecule has 2 aromatic heterocycles. The molecule has 0 spiro atoms. The number of anilines is 2. The SMILES string of the molecule is COc1cc(C)c(-n2cnc(N)c(C(=O)Nc3cccnc3)c2=O)c(C)c1. The third kappa shape index (κ3) is 3.50. The van der Waals surface area contributed by atoms with Crippen molar-refractivity contribution in [3.05, 3.63) is 70.0 Å². The molecule has 0 saturated carbocycles. The zero-order valence-electron chi connectivity index (χ0n) is 15.2. The molecule has 8 nitrogen and oxygen atoms in total. The third-order valence-corrected chi connectivity index (χ3v) is 4.09. The molecule has 0 aliphatic heterocycles. The first-order chi connectivity index (χ1) is 12.9. The molecule has 0 saturated heterocycles. The van der Waals surface area contributed by atoms with E-state index in [4.69, 9.17) is 10.5 Å². The molecular weight excluding hydrogens is 346 g/mol. The molecule has 0 radical (unpaired) electrons. The van der Waals surface area contributed by atoms with E-state index in [0.717, 1.165) is 11.1 Å². The van der Waals surface area contributed by atoms with Gasteiger partial charge in [0.15, 0.2) is 0 Å². The first kappa shape index (κ1) is 18.1. The Balaban J connectivity index is 2.10. The van der Waals surface area contributed by atoms with Crippen LogP contribution in [-0.4, -0.2) is 27.6 Å². The van der Waals surface area contributed by atoms with Crippen LogP contribution in [0.25, 0.3) is 5.69 Å². The third-order valence-electron chi connectivity index (χ3n) is 4.09. The minimum Gasteiger partial charge on any atom is -0.497 e. The first-order valence-corrected chi connectivity index (χ1v) is 8.16. The molecule has 3 rings (SSSR count). The predicted molar refractivity (Wildman–Crippen MR) is 102 cm³/mol. The minimum atomic E-state index is -0.642. The lowest BCUT2D eigenvalue weighted by Crippen LogP contribution is -2.31. The van der Waals surface area contributed by atoms with Crippen LogP contribution in [0.2, 0.25) is 0 Å². The van der Waals surface area contributed by atoms with Crippen molar-refractivity contribution < 1.29 is 9.53 Å². The molecule has 3 aromatic rings. The number of nitrogens with two attached hydrogens (primary N) is 1. The van der Waals surface area contributed by atoms with E-state index in [9.17, 15) is 9.59 Å². The van der Waals surface area contributed by atoms with Crippen LogP contribution < -0.4 is 21.3 Å². The summed E-state index contributed by atoms with van der Waals surface area (Å²) in [5.41, 5.74) is 7.73. The van der Waals surface area contributed by atoms with Crippen molar-refractivity contribution in [1.82, 2.24) is 14.5 Å². The Labute approximate surface area is 155 Å². The van der Waals surface area contributed by atoms with E-state index in [0.29, 0.717) is 17.1 Å². The van der Waals surface area contributed by atoms with Gasteiger partial charge in [0.2, 0.25) is 0 Å². The van der Waals surface area contributed by atoms with Crippen LogP contribution in [0.1, 0.15) is 21.5 Å². The lowest BCUT2D eigenvalue weighted by atomic mass is 10.1. The fraction of sp³-hybridized carbons (Fsp3) is 0.158. The summed E-state index contributed by atoms with van der Waals surface area (Å²) in [5.74, 6) is -0.0997. The second-order valence-corrected chi connectivity index (χ2v) is 5.99. The van der Waals surface area contributed by atoms with E-state index in [1.165, 1.54) is 17.1 Å². The van der Waals surface area contributed by atoms with Gasteiger partial charge in [0.05, 0.1) is 24.7 Å². The summed E-state index contributed by atoms with van der Waals surface area (Å²) in [6.07, 6.45) is 4.37. The number of benzene rings is 1. The number of carbonyl (C=O) groups excluding carboxylic acids is 1. The molecule has 0 bridgehead atoms. The van der Waals surface area contributed by atoms with Gasteiger partial charge in [0.1, 0.15) is 23.5 Å². The number of nitrogens with zero attached hydrogens (tertiary/aromatic N) is 3. The van der Waals surface area contributed by atoms with E-state index < -0.39 is 11.5 Å². The number of carbonyl (C=O) groups is 1. The number of aryl methyl sites for hydroxylation is 2. The normalized spacial score (nSPS) is 10.5. The summed E-state index contributed by atoms with van der Waals surface area (Å²) < 4.78 is 6.57. The minimum absolute atomic E-state index is 0.138. The molecule has 0 atom stereocenters. The van der Waals surface area contributed by atoms with Crippen LogP contribution in [0.3, 0.4) is 0 Å². The average Bonchev–Trinajstić information content (AvgIpc) is 2.63. The Kier molecular flexibility index (Phi) is 4.89. The molecule has 0 fully saturated rings. The number of methoxy groups -OCH3 is 1. The topological polar surface area (TPSA) is 112 Å². The van der Waals surface area contributed by atoms with Gasteiger partial charge in [-0.1, -0.05) is 0 Å². The van der Waals surface area contributed by atoms with E-state index >= 15 is 0 Å². The highest BCUT2D eigenvalue weighted by molar-refractivity contribution is 6.06. The summed E-state index contributed by atoms with van der Waals surface area (Å²) >= 11 is 0. The van der Waals surface area contributed by atoms with Gasteiger partial charge in [0, 0.05) is 6.20 Å². The van der Waals surface area contributed by atoms with Gasteiger partial charge in [-0.3, -0.25) is 19.1 Å². The van der Waals surface area contributed by atoms with Gasteiger partial charge in [-0.05, 0) is 49.2 Å². The number of ether oxygens (including phenoxy) is 1. The van der Waals surface area contributed by atoms with Crippen molar-refractivity contribution in [2.75, 3.05) is 18.2 Å². The summed E-state index contributed by atoms with van der Waals surface area (Å²) in [6, 6.07) is 6.94. The van der Waals surface area contributed by atoms with Crippen molar-refractivity contribution in [3.8, 4) is 11.4 Å². The van der Waals surface area contributed by atoms with Crippen molar-refractivity contribution in [3.63, 3.8) is 0 Å².